The van der Waals surface area contributed by atoms with E-state index in [0.717, 1.165) is 11.6 Å². The first-order chi connectivity index (χ1) is 19.6. The predicted molar refractivity (Wildman–Crippen MR) is 153 cm³/mol. The van der Waals surface area contributed by atoms with Crippen LogP contribution >= 0.6 is 11.3 Å². The number of amides is 2. The lowest BCUT2D eigenvalue weighted by Crippen LogP contribution is -2.38. The summed E-state index contributed by atoms with van der Waals surface area (Å²) in [5, 5.41) is 4.46. The Balaban J connectivity index is 1.43. The maximum atomic E-state index is 15.7. The standard InChI is InChI=1S/C30H28F2N4O4S/c1-19-27(41-28(33-19)21-8-4-3-5-9-21)29(39)36-17-14-30(31,32)24(23-10-6-7-11-25(23)36)18-26(38)35-15-12-22(13-16-35)34-40-20(2)37/h3-11,18H,12-17H2,1-2H3/b24-18-. The van der Waals surface area contributed by atoms with Gasteiger partial charge in [-0.2, -0.15) is 0 Å². The van der Waals surface area contributed by atoms with E-state index in [9.17, 15) is 14.4 Å². The van der Waals surface area contributed by atoms with Crippen molar-refractivity contribution < 1.29 is 28.0 Å². The number of allylic oxidation sites excluding steroid dienone is 1. The first kappa shape index (κ1) is 28.3. The Morgan fingerprint density at radius 3 is 2.41 bits per heavy atom. The number of likely N-dealkylation sites (tertiary alicyclic amines) is 1. The van der Waals surface area contributed by atoms with Crippen LogP contribution in [0.5, 0.6) is 0 Å². The van der Waals surface area contributed by atoms with Crippen LogP contribution in [0.15, 0.2) is 65.8 Å². The molecule has 3 heterocycles. The number of benzene rings is 2. The maximum absolute atomic E-state index is 15.7. The maximum Gasteiger partial charge on any atom is 0.331 e. The number of nitrogens with zero attached hydrogens (tertiary/aromatic N) is 4. The van der Waals surface area contributed by atoms with Gasteiger partial charge in [-0.3, -0.25) is 9.59 Å². The number of fused-ring (bicyclic) bond motifs is 1. The molecular weight excluding hydrogens is 550 g/mol. The van der Waals surface area contributed by atoms with Crippen molar-refractivity contribution in [3.63, 3.8) is 0 Å². The lowest BCUT2D eigenvalue weighted by Gasteiger charge is -2.27. The van der Waals surface area contributed by atoms with E-state index in [4.69, 9.17) is 0 Å². The second-order valence-electron chi connectivity index (χ2n) is 9.85. The van der Waals surface area contributed by atoms with Crippen LogP contribution < -0.4 is 4.90 Å². The molecule has 0 unspecified atom stereocenters. The predicted octanol–water partition coefficient (Wildman–Crippen LogP) is 5.73. The van der Waals surface area contributed by atoms with E-state index in [-0.39, 0.29) is 25.2 Å². The molecular formula is C30H28F2N4O4S. The van der Waals surface area contributed by atoms with E-state index in [2.05, 4.69) is 15.0 Å². The van der Waals surface area contributed by atoms with Crippen LogP contribution in [0.3, 0.4) is 0 Å². The summed E-state index contributed by atoms with van der Waals surface area (Å²) in [7, 11) is 0. The summed E-state index contributed by atoms with van der Waals surface area (Å²) in [6.45, 7) is 3.27. The van der Waals surface area contributed by atoms with Gasteiger partial charge in [0.15, 0.2) is 0 Å². The molecule has 0 spiro atoms. The third kappa shape index (κ3) is 6.09. The molecule has 0 radical (unpaired) electrons. The number of para-hydroxylation sites is 1. The highest BCUT2D eigenvalue weighted by Gasteiger charge is 2.42. The minimum Gasteiger partial charge on any atom is -0.338 e. The summed E-state index contributed by atoms with van der Waals surface area (Å²) in [4.78, 5) is 50.4. The SMILES string of the molecule is CC(=O)ON=C1CCN(C(=O)/C=C2/c3ccccc3N(C(=O)c3sc(-c4ccccc4)nc3C)CCC2(F)F)CC1. The van der Waals surface area contributed by atoms with Crippen molar-refractivity contribution in [1.82, 2.24) is 9.88 Å². The van der Waals surface area contributed by atoms with Gasteiger partial charge in [-0.05, 0) is 13.0 Å². The van der Waals surface area contributed by atoms with E-state index in [1.54, 1.807) is 25.1 Å². The van der Waals surface area contributed by atoms with Crippen molar-refractivity contribution in [1.29, 1.82) is 0 Å². The number of anilines is 1. The highest BCUT2D eigenvalue weighted by atomic mass is 32.1. The highest BCUT2D eigenvalue weighted by molar-refractivity contribution is 7.17. The second-order valence-corrected chi connectivity index (χ2v) is 10.9. The number of rotatable bonds is 4. The quantitative estimate of drug-likeness (QED) is 0.224. The third-order valence-electron chi connectivity index (χ3n) is 7.01. The molecule has 1 saturated heterocycles. The molecule has 2 amide bonds. The molecule has 1 fully saturated rings. The van der Waals surface area contributed by atoms with Crippen molar-refractivity contribution in [3.8, 4) is 10.6 Å². The number of hydrogen-bond donors (Lipinski definition) is 0. The summed E-state index contributed by atoms with van der Waals surface area (Å²) in [6.07, 6.45) is 1.09. The zero-order valence-electron chi connectivity index (χ0n) is 22.6. The Morgan fingerprint density at radius 2 is 1.71 bits per heavy atom. The molecule has 212 valence electrons. The average molecular weight is 579 g/mol. The summed E-state index contributed by atoms with van der Waals surface area (Å²) >= 11 is 1.23. The minimum absolute atomic E-state index is 0.135. The zero-order chi connectivity index (χ0) is 29.1. The number of halogens is 2. The van der Waals surface area contributed by atoms with Crippen molar-refractivity contribution in [2.75, 3.05) is 24.5 Å². The van der Waals surface area contributed by atoms with Gasteiger partial charge in [-0.1, -0.05) is 53.7 Å². The lowest BCUT2D eigenvalue weighted by molar-refractivity contribution is -0.141. The van der Waals surface area contributed by atoms with Crippen molar-refractivity contribution >= 4 is 46.1 Å². The minimum atomic E-state index is -3.35. The molecule has 0 aliphatic carbocycles. The van der Waals surface area contributed by atoms with E-state index in [0.29, 0.717) is 39.8 Å². The normalized spacial score (nSPS) is 17.6. The molecule has 1 aromatic heterocycles. The number of aryl methyl sites for hydroxylation is 1. The topological polar surface area (TPSA) is 92.2 Å². The van der Waals surface area contributed by atoms with Crippen molar-refractivity contribution in [2.24, 2.45) is 5.16 Å². The summed E-state index contributed by atoms with van der Waals surface area (Å²) in [5.41, 5.74) is 2.06. The molecule has 2 aromatic carbocycles. The van der Waals surface area contributed by atoms with Crippen LogP contribution in [0.1, 0.15) is 47.1 Å². The molecule has 3 aromatic rings. The zero-order valence-corrected chi connectivity index (χ0v) is 23.4. The summed E-state index contributed by atoms with van der Waals surface area (Å²) in [5.74, 6) is -4.85. The first-order valence-corrected chi connectivity index (χ1v) is 14.0. The molecule has 41 heavy (non-hydrogen) atoms. The largest absolute Gasteiger partial charge is 0.338 e. The average Bonchev–Trinajstić information content (AvgIpc) is 3.32. The Bertz CT molecular complexity index is 1540. The van der Waals surface area contributed by atoms with Gasteiger partial charge >= 0.3 is 5.97 Å². The smallest absolute Gasteiger partial charge is 0.331 e. The van der Waals surface area contributed by atoms with Gasteiger partial charge < -0.3 is 14.6 Å². The summed E-state index contributed by atoms with van der Waals surface area (Å²) in [6, 6.07) is 15.9. The van der Waals surface area contributed by atoms with Crippen LogP contribution in [0, 0.1) is 6.92 Å². The van der Waals surface area contributed by atoms with Crippen molar-refractivity contribution in [2.45, 2.75) is 39.0 Å². The van der Waals surface area contributed by atoms with E-state index in [1.807, 2.05) is 30.3 Å². The molecule has 0 atom stereocenters. The van der Waals surface area contributed by atoms with E-state index < -0.39 is 35.7 Å². The number of hydrogen-bond acceptors (Lipinski definition) is 7. The fraction of sp³-hybridized carbons (Fsp3) is 0.300. The first-order valence-electron chi connectivity index (χ1n) is 13.2. The van der Waals surface area contributed by atoms with Crippen LogP contribution in [-0.4, -0.2) is 58.9 Å². The van der Waals surface area contributed by atoms with E-state index in [1.165, 1.54) is 34.1 Å². The number of aromatic nitrogens is 1. The number of alkyl halides is 2. The van der Waals surface area contributed by atoms with Gasteiger partial charge in [0.2, 0.25) is 5.91 Å². The Kier molecular flexibility index (Phi) is 8.07. The molecule has 8 nitrogen and oxygen atoms in total. The van der Waals surface area contributed by atoms with Crippen LogP contribution in [-0.2, 0) is 14.4 Å². The van der Waals surface area contributed by atoms with Gasteiger partial charge in [-0.25, -0.2) is 18.6 Å². The van der Waals surface area contributed by atoms with Gasteiger partial charge in [0.25, 0.3) is 11.8 Å². The van der Waals surface area contributed by atoms with E-state index >= 15 is 8.78 Å². The van der Waals surface area contributed by atoms with Crippen LogP contribution in [0.4, 0.5) is 14.5 Å². The lowest BCUT2D eigenvalue weighted by atomic mass is 9.96. The molecule has 5 rings (SSSR count). The monoisotopic (exact) mass is 578 g/mol. The summed E-state index contributed by atoms with van der Waals surface area (Å²) < 4.78 is 31.3. The molecule has 0 saturated carbocycles. The fourth-order valence-electron chi connectivity index (χ4n) is 4.88. The molecule has 0 bridgehead atoms. The number of thiazole rings is 1. The van der Waals surface area contributed by atoms with Crippen LogP contribution in [0.25, 0.3) is 16.1 Å². The second kappa shape index (κ2) is 11.7. The number of oxime groups is 1. The number of piperidine rings is 1. The number of carbonyl (C=O) groups excluding carboxylic acids is 3. The van der Waals surface area contributed by atoms with Gasteiger partial charge in [0.05, 0.1) is 17.1 Å². The number of carbonyl (C=O) groups is 3. The van der Waals surface area contributed by atoms with Gasteiger partial charge in [0.1, 0.15) is 9.88 Å². The molecule has 0 N–H and O–H groups in total. The highest BCUT2D eigenvalue weighted by Crippen LogP contribution is 2.44. The molecule has 11 heteroatoms. The van der Waals surface area contributed by atoms with Gasteiger partial charge in [0, 0.05) is 68.6 Å². The fourth-order valence-corrected chi connectivity index (χ4v) is 5.90. The Labute approximate surface area is 239 Å². The van der Waals surface area contributed by atoms with Gasteiger partial charge in [-0.15, -0.1) is 11.3 Å². The van der Waals surface area contributed by atoms with Crippen LogP contribution in [0.2, 0.25) is 0 Å². The third-order valence-corrected chi connectivity index (χ3v) is 8.20. The molecule has 2 aliphatic heterocycles. The molecule has 2 aliphatic rings. The Morgan fingerprint density at radius 1 is 1.02 bits per heavy atom. The van der Waals surface area contributed by atoms with Crippen molar-refractivity contribution in [3.05, 3.63) is 76.8 Å². The Hall–Kier alpha value is -4.25.